The fourth-order valence-electron chi connectivity index (χ4n) is 5.45. The van der Waals surface area contributed by atoms with Crippen LogP contribution >= 0.6 is 11.6 Å². The second-order valence-corrected chi connectivity index (χ2v) is 11.4. The Morgan fingerprint density at radius 2 is 1.63 bits per heavy atom. The van der Waals surface area contributed by atoms with Crippen molar-refractivity contribution in [2.45, 2.75) is 39.2 Å². The van der Waals surface area contributed by atoms with Crippen LogP contribution in [0.4, 0.5) is 0 Å². The largest absolute Gasteiger partial charge is 0.490 e. The minimum atomic E-state index is -0.921. The Balaban J connectivity index is 1.26. The zero-order valence-corrected chi connectivity index (χ0v) is 24.7. The maximum absolute atomic E-state index is 11.8. The molecular weight excluding hydrogens is 566 g/mol. The van der Waals surface area contributed by atoms with Gasteiger partial charge in [0.05, 0.1) is 17.0 Å². The van der Waals surface area contributed by atoms with Crippen LogP contribution in [0.1, 0.15) is 41.6 Å². The van der Waals surface area contributed by atoms with Gasteiger partial charge in [-0.3, -0.25) is 9.59 Å². The van der Waals surface area contributed by atoms with E-state index in [1.807, 2.05) is 96.5 Å². The lowest BCUT2D eigenvalue weighted by atomic mass is 9.91. The summed E-state index contributed by atoms with van der Waals surface area (Å²) in [7, 11) is 0. The topological polar surface area (TPSA) is 98.0 Å². The zero-order chi connectivity index (χ0) is 30.4. The predicted octanol–water partition coefficient (Wildman–Crippen LogP) is 7.67. The van der Waals surface area contributed by atoms with Gasteiger partial charge >= 0.3 is 11.9 Å². The van der Waals surface area contributed by atoms with Crippen molar-refractivity contribution in [3.8, 4) is 11.5 Å². The third-order valence-electron chi connectivity index (χ3n) is 7.85. The van der Waals surface area contributed by atoms with E-state index in [9.17, 15) is 19.8 Å². The summed E-state index contributed by atoms with van der Waals surface area (Å²) >= 11 is 6.09. The number of halogens is 1. The molecule has 8 heteroatoms. The lowest BCUT2D eigenvalue weighted by molar-refractivity contribution is -0.139. The SMILES string of the molecule is Cc1c(CC2(CC(=O)O)CC2)c2cccc(/C=C/c3ccc(OC/C=C/COc4ccccc4Cl)cc3)c2n1CC(=O)O. The van der Waals surface area contributed by atoms with Gasteiger partial charge in [0.15, 0.2) is 0 Å². The van der Waals surface area contributed by atoms with Crippen LogP contribution in [0.2, 0.25) is 5.02 Å². The highest BCUT2D eigenvalue weighted by Gasteiger charge is 2.45. The molecule has 0 radical (unpaired) electrons. The molecule has 0 bridgehead atoms. The average molecular weight is 600 g/mol. The number of carbonyl (C=O) groups is 2. The summed E-state index contributed by atoms with van der Waals surface area (Å²) in [6.45, 7) is 2.57. The van der Waals surface area contributed by atoms with Gasteiger partial charge < -0.3 is 24.3 Å². The molecule has 0 aliphatic heterocycles. The number of carboxylic acid groups (broad SMARTS) is 2. The van der Waals surface area contributed by atoms with Crippen LogP contribution in [0.3, 0.4) is 0 Å². The van der Waals surface area contributed by atoms with E-state index in [4.69, 9.17) is 21.1 Å². The average Bonchev–Trinajstić information content (AvgIpc) is 3.69. The van der Waals surface area contributed by atoms with Gasteiger partial charge in [-0.15, -0.1) is 0 Å². The van der Waals surface area contributed by atoms with Crippen molar-refractivity contribution in [1.29, 1.82) is 0 Å². The van der Waals surface area contributed by atoms with Crippen LogP contribution in [-0.4, -0.2) is 39.9 Å². The molecule has 3 aromatic carbocycles. The smallest absolute Gasteiger partial charge is 0.323 e. The van der Waals surface area contributed by atoms with Crippen molar-refractivity contribution >= 4 is 46.6 Å². The van der Waals surface area contributed by atoms with Crippen molar-refractivity contribution in [1.82, 2.24) is 4.57 Å². The van der Waals surface area contributed by atoms with Crippen LogP contribution < -0.4 is 9.47 Å². The number of aliphatic carboxylic acids is 2. The second-order valence-electron chi connectivity index (χ2n) is 11.0. The molecule has 1 aliphatic rings. The first-order valence-electron chi connectivity index (χ1n) is 14.2. The number of ether oxygens (including phenoxy) is 2. The molecule has 0 atom stereocenters. The Labute approximate surface area is 255 Å². The van der Waals surface area contributed by atoms with Crippen molar-refractivity contribution in [3.63, 3.8) is 0 Å². The van der Waals surface area contributed by atoms with Crippen LogP contribution in [-0.2, 0) is 22.6 Å². The molecule has 1 aliphatic carbocycles. The molecule has 0 amide bonds. The first kappa shape index (κ1) is 30.0. The summed E-state index contributed by atoms with van der Waals surface area (Å²) in [6.07, 6.45) is 10.3. The number of carboxylic acids is 2. The third-order valence-corrected chi connectivity index (χ3v) is 8.16. The van der Waals surface area contributed by atoms with Crippen molar-refractivity contribution in [2.75, 3.05) is 13.2 Å². The highest BCUT2D eigenvalue weighted by molar-refractivity contribution is 6.32. The summed E-state index contributed by atoms with van der Waals surface area (Å²) < 4.78 is 13.3. The molecule has 0 spiro atoms. The van der Waals surface area contributed by atoms with Crippen LogP contribution in [0.25, 0.3) is 23.1 Å². The third kappa shape index (κ3) is 7.48. The number of para-hydroxylation sites is 2. The normalized spacial score (nSPS) is 14.0. The Hall–Kier alpha value is -4.49. The van der Waals surface area contributed by atoms with Gasteiger partial charge in [0.25, 0.3) is 0 Å². The van der Waals surface area contributed by atoms with Gasteiger partial charge in [0.1, 0.15) is 31.3 Å². The molecule has 43 heavy (non-hydrogen) atoms. The predicted molar refractivity (Wildman–Crippen MR) is 169 cm³/mol. The van der Waals surface area contributed by atoms with E-state index in [2.05, 4.69) is 0 Å². The number of nitrogens with zero attached hydrogens (tertiary/aromatic N) is 1. The monoisotopic (exact) mass is 599 g/mol. The molecule has 2 N–H and O–H groups in total. The van der Waals surface area contributed by atoms with E-state index in [0.717, 1.165) is 51.9 Å². The van der Waals surface area contributed by atoms with Crippen molar-refractivity contribution < 1.29 is 29.3 Å². The van der Waals surface area contributed by atoms with Crippen LogP contribution in [0.15, 0.2) is 78.9 Å². The molecule has 1 heterocycles. The lowest BCUT2D eigenvalue weighted by Gasteiger charge is -2.13. The van der Waals surface area contributed by atoms with E-state index in [1.165, 1.54) is 0 Å². The van der Waals surface area contributed by atoms with Gasteiger partial charge in [-0.05, 0) is 84.7 Å². The Kier molecular flexibility index (Phi) is 9.22. The van der Waals surface area contributed by atoms with Gasteiger partial charge in [0.2, 0.25) is 0 Å². The fourth-order valence-corrected chi connectivity index (χ4v) is 5.64. The molecule has 0 unspecified atom stereocenters. The van der Waals surface area contributed by atoms with E-state index in [0.29, 0.717) is 30.4 Å². The van der Waals surface area contributed by atoms with E-state index in [-0.39, 0.29) is 18.4 Å². The first-order chi connectivity index (χ1) is 20.7. The number of hydrogen-bond donors (Lipinski definition) is 2. The highest BCUT2D eigenvalue weighted by atomic mass is 35.5. The fraction of sp³-hybridized carbons (Fsp3) is 0.257. The minimum Gasteiger partial charge on any atom is -0.490 e. The van der Waals surface area contributed by atoms with Gasteiger partial charge in [0, 0.05) is 11.1 Å². The lowest BCUT2D eigenvalue weighted by Crippen LogP contribution is -2.13. The van der Waals surface area contributed by atoms with E-state index < -0.39 is 11.9 Å². The van der Waals surface area contributed by atoms with Gasteiger partial charge in [-0.25, -0.2) is 0 Å². The molecule has 1 aromatic heterocycles. The Morgan fingerprint density at radius 3 is 2.30 bits per heavy atom. The molecule has 0 saturated heterocycles. The number of fused-ring (bicyclic) bond motifs is 1. The summed E-state index contributed by atoms with van der Waals surface area (Å²) in [5, 5.41) is 20.6. The molecular formula is C35H34ClNO6. The molecule has 7 nitrogen and oxygen atoms in total. The molecule has 4 aromatic rings. The maximum Gasteiger partial charge on any atom is 0.323 e. The standard InChI is InChI=1S/C35H34ClNO6/c1-24-29(21-35(17-18-35)22-32(38)39)28-8-6-7-26(34(28)37(24)23-33(40)41)14-11-25-12-15-27(16-13-25)42-19-4-5-20-43-31-10-3-2-9-30(31)36/h2-16H,17-23H2,1H3,(H,38,39)(H,40,41)/b5-4+,14-11+. The first-order valence-corrected chi connectivity index (χ1v) is 14.6. The number of rotatable bonds is 14. The Bertz CT molecular complexity index is 1680. The number of aromatic nitrogens is 1. The summed E-state index contributed by atoms with van der Waals surface area (Å²) in [5.41, 5.74) is 4.40. The number of benzene rings is 3. The van der Waals surface area contributed by atoms with Gasteiger partial charge in [-0.1, -0.05) is 66.2 Å². The summed E-state index contributed by atoms with van der Waals surface area (Å²) in [4.78, 5) is 23.3. The van der Waals surface area contributed by atoms with E-state index >= 15 is 0 Å². The van der Waals surface area contributed by atoms with Gasteiger partial charge in [-0.2, -0.15) is 0 Å². The van der Waals surface area contributed by atoms with E-state index in [1.54, 1.807) is 6.07 Å². The molecule has 1 fully saturated rings. The minimum absolute atomic E-state index is 0.131. The van der Waals surface area contributed by atoms with Crippen LogP contribution in [0.5, 0.6) is 11.5 Å². The molecule has 1 saturated carbocycles. The maximum atomic E-state index is 11.8. The van der Waals surface area contributed by atoms with Crippen LogP contribution in [0, 0.1) is 12.3 Å². The summed E-state index contributed by atoms with van der Waals surface area (Å²) in [5.74, 6) is -0.333. The number of hydrogen-bond acceptors (Lipinski definition) is 4. The zero-order valence-electron chi connectivity index (χ0n) is 24.0. The molecule has 5 rings (SSSR count). The highest BCUT2D eigenvalue weighted by Crippen LogP contribution is 2.52. The summed E-state index contributed by atoms with van der Waals surface area (Å²) in [6, 6.07) is 21.0. The quantitative estimate of drug-likeness (QED) is 0.114. The second kappa shape index (κ2) is 13.2. The Morgan fingerprint density at radius 1 is 0.907 bits per heavy atom. The van der Waals surface area contributed by atoms with Crippen molar-refractivity contribution in [2.24, 2.45) is 5.41 Å². The van der Waals surface area contributed by atoms with Crippen molar-refractivity contribution in [3.05, 3.63) is 106 Å². The molecule has 222 valence electrons.